The van der Waals surface area contributed by atoms with Crippen LogP contribution in [0.1, 0.15) is 28.8 Å². The van der Waals surface area contributed by atoms with E-state index >= 15 is 0 Å². The molecule has 1 heterocycles. The number of hydrogen-bond acceptors (Lipinski definition) is 3. The molecular weight excluding hydrogens is 242 g/mol. The number of methoxy groups -OCH3 is 1. The Morgan fingerprint density at radius 2 is 1.79 bits per heavy atom. The molecule has 1 saturated heterocycles. The fourth-order valence-electron chi connectivity index (χ4n) is 2.06. The van der Waals surface area contributed by atoms with Crippen molar-refractivity contribution in [3.05, 3.63) is 41.5 Å². The van der Waals surface area contributed by atoms with Gasteiger partial charge in [0, 0.05) is 19.2 Å². The number of amides is 1. The van der Waals surface area contributed by atoms with Crippen molar-refractivity contribution in [2.75, 3.05) is 20.2 Å². The largest absolute Gasteiger partial charge is 0.465 e. The zero-order valence-corrected chi connectivity index (χ0v) is 11.0. The van der Waals surface area contributed by atoms with Gasteiger partial charge in [0.05, 0.1) is 12.7 Å². The van der Waals surface area contributed by atoms with E-state index in [9.17, 15) is 9.59 Å². The summed E-state index contributed by atoms with van der Waals surface area (Å²) < 4.78 is 4.62. The van der Waals surface area contributed by atoms with Crippen LogP contribution < -0.4 is 0 Å². The standard InChI is InChI=1S/C15H17NO3/c1-19-15(18)13-7-4-12(5-8-13)6-9-14(17)16-10-2-3-11-16/h4-9H,2-3,10-11H2,1H3. The normalized spacial score (nSPS) is 14.9. The van der Waals surface area contributed by atoms with E-state index in [2.05, 4.69) is 4.74 Å². The highest BCUT2D eigenvalue weighted by atomic mass is 16.5. The summed E-state index contributed by atoms with van der Waals surface area (Å²) in [5.41, 5.74) is 1.39. The average Bonchev–Trinajstić information content (AvgIpc) is 2.98. The molecule has 0 saturated carbocycles. The molecule has 0 atom stereocenters. The lowest BCUT2D eigenvalue weighted by atomic mass is 10.1. The van der Waals surface area contributed by atoms with E-state index in [1.54, 1.807) is 36.4 Å². The monoisotopic (exact) mass is 259 g/mol. The highest BCUT2D eigenvalue weighted by Gasteiger charge is 2.14. The number of likely N-dealkylation sites (tertiary alicyclic amines) is 1. The maximum atomic E-state index is 11.8. The molecule has 4 heteroatoms. The van der Waals surface area contributed by atoms with Crippen LogP contribution in [0.2, 0.25) is 0 Å². The van der Waals surface area contributed by atoms with Gasteiger partial charge in [-0.1, -0.05) is 12.1 Å². The fourth-order valence-corrected chi connectivity index (χ4v) is 2.06. The molecule has 19 heavy (non-hydrogen) atoms. The predicted molar refractivity (Wildman–Crippen MR) is 72.6 cm³/mol. The van der Waals surface area contributed by atoms with Crippen LogP contribution in [0.5, 0.6) is 0 Å². The first-order valence-corrected chi connectivity index (χ1v) is 6.36. The smallest absolute Gasteiger partial charge is 0.337 e. The van der Waals surface area contributed by atoms with Crippen LogP contribution in [0, 0.1) is 0 Å². The van der Waals surface area contributed by atoms with Crippen molar-refractivity contribution in [2.45, 2.75) is 12.8 Å². The van der Waals surface area contributed by atoms with Gasteiger partial charge in [0.2, 0.25) is 5.91 Å². The molecule has 0 spiro atoms. The van der Waals surface area contributed by atoms with Crippen molar-refractivity contribution in [1.82, 2.24) is 4.90 Å². The van der Waals surface area contributed by atoms with E-state index in [-0.39, 0.29) is 11.9 Å². The zero-order valence-electron chi connectivity index (χ0n) is 11.0. The lowest BCUT2D eigenvalue weighted by molar-refractivity contribution is -0.124. The molecule has 0 aliphatic carbocycles. The summed E-state index contributed by atoms with van der Waals surface area (Å²) in [6.07, 6.45) is 5.53. The SMILES string of the molecule is COC(=O)c1ccc(C=CC(=O)N2CCCC2)cc1. The third-order valence-corrected chi connectivity index (χ3v) is 3.17. The first kappa shape index (κ1) is 13.3. The topological polar surface area (TPSA) is 46.6 Å². The molecule has 100 valence electrons. The molecule has 1 aromatic carbocycles. The number of ether oxygens (including phenoxy) is 1. The Hall–Kier alpha value is -2.10. The van der Waals surface area contributed by atoms with E-state index in [4.69, 9.17) is 0 Å². The summed E-state index contributed by atoms with van der Waals surface area (Å²) in [4.78, 5) is 24.9. The average molecular weight is 259 g/mol. The molecule has 1 aliphatic rings. The molecule has 0 N–H and O–H groups in total. The summed E-state index contributed by atoms with van der Waals surface area (Å²) in [5, 5.41) is 0. The minimum absolute atomic E-state index is 0.0505. The third-order valence-electron chi connectivity index (χ3n) is 3.17. The van der Waals surface area contributed by atoms with Gasteiger partial charge >= 0.3 is 5.97 Å². The number of esters is 1. The van der Waals surface area contributed by atoms with Gasteiger partial charge in [-0.25, -0.2) is 4.79 Å². The van der Waals surface area contributed by atoms with Crippen molar-refractivity contribution in [2.24, 2.45) is 0 Å². The number of hydrogen-bond donors (Lipinski definition) is 0. The molecule has 4 nitrogen and oxygen atoms in total. The first-order valence-electron chi connectivity index (χ1n) is 6.36. The van der Waals surface area contributed by atoms with Gasteiger partial charge in [0.25, 0.3) is 0 Å². The van der Waals surface area contributed by atoms with Crippen molar-refractivity contribution < 1.29 is 14.3 Å². The van der Waals surface area contributed by atoms with Crippen LogP contribution >= 0.6 is 0 Å². The summed E-state index contributed by atoms with van der Waals surface area (Å²) in [7, 11) is 1.35. The van der Waals surface area contributed by atoms with Gasteiger partial charge in [-0.2, -0.15) is 0 Å². The van der Waals surface area contributed by atoms with E-state index in [0.717, 1.165) is 31.5 Å². The lowest BCUT2D eigenvalue weighted by Gasteiger charge is -2.11. The van der Waals surface area contributed by atoms with Crippen LogP contribution in [-0.4, -0.2) is 37.0 Å². The second-order valence-electron chi connectivity index (χ2n) is 4.48. The van der Waals surface area contributed by atoms with E-state index in [1.807, 2.05) is 4.90 Å². The summed E-state index contributed by atoms with van der Waals surface area (Å²) in [6.45, 7) is 1.70. The molecule has 1 aromatic rings. The molecule has 2 rings (SSSR count). The molecule has 0 radical (unpaired) electrons. The minimum Gasteiger partial charge on any atom is -0.465 e. The van der Waals surface area contributed by atoms with Gasteiger partial charge in [0.1, 0.15) is 0 Å². The number of carbonyl (C=O) groups is 2. The predicted octanol–water partition coefficient (Wildman–Crippen LogP) is 2.11. The summed E-state index contributed by atoms with van der Waals surface area (Å²) in [5.74, 6) is -0.307. The van der Waals surface area contributed by atoms with Crippen molar-refractivity contribution >= 4 is 18.0 Å². The van der Waals surface area contributed by atoms with Crippen molar-refractivity contribution in [3.63, 3.8) is 0 Å². The van der Waals surface area contributed by atoms with Crippen LogP contribution in [0.25, 0.3) is 6.08 Å². The molecule has 1 amide bonds. The van der Waals surface area contributed by atoms with Crippen molar-refractivity contribution in [3.8, 4) is 0 Å². The quantitative estimate of drug-likeness (QED) is 0.617. The summed E-state index contributed by atoms with van der Waals surface area (Å²) in [6, 6.07) is 6.96. The van der Waals surface area contributed by atoms with E-state index in [1.165, 1.54) is 7.11 Å². The van der Waals surface area contributed by atoms with Crippen LogP contribution in [0.4, 0.5) is 0 Å². The molecule has 0 unspecified atom stereocenters. The van der Waals surface area contributed by atoms with Crippen LogP contribution in [-0.2, 0) is 9.53 Å². The third kappa shape index (κ3) is 3.44. The zero-order chi connectivity index (χ0) is 13.7. The van der Waals surface area contributed by atoms with E-state index < -0.39 is 0 Å². The Balaban J connectivity index is 1.98. The number of carbonyl (C=O) groups excluding carboxylic acids is 2. The molecule has 1 aliphatic heterocycles. The van der Waals surface area contributed by atoms with Crippen LogP contribution in [0.3, 0.4) is 0 Å². The molecule has 0 aromatic heterocycles. The second-order valence-corrected chi connectivity index (χ2v) is 4.48. The first-order chi connectivity index (χ1) is 9.20. The van der Waals surface area contributed by atoms with Crippen molar-refractivity contribution in [1.29, 1.82) is 0 Å². The lowest BCUT2D eigenvalue weighted by Crippen LogP contribution is -2.25. The number of nitrogens with zero attached hydrogens (tertiary/aromatic N) is 1. The molecule has 1 fully saturated rings. The summed E-state index contributed by atoms with van der Waals surface area (Å²) >= 11 is 0. The number of benzene rings is 1. The van der Waals surface area contributed by atoms with Gasteiger partial charge in [-0.05, 0) is 36.6 Å². The van der Waals surface area contributed by atoms with E-state index in [0.29, 0.717) is 5.56 Å². The van der Waals surface area contributed by atoms with Gasteiger partial charge < -0.3 is 9.64 Å². The Labute approximate surface area is 112 Å². The fraction of sp³-hybridized carbons (Fsp3) is 0.333. The maximum absolute atomic E-state index is 11.8. The maximum Gasteiger partial charge on any atom is 0.337 e. The van der Waals surface area contributed by atoms with Gasteiger partial charge in [-0.3, -0.25) is 4.79 Å². The van der Waals surface area contributed by atoms with Gasteiger partial charge in [-0.15, -0.1) is 0 Å². The van der Waals surface area contributed by atoms with Gasteiger partial charge in [0.15, 0.2) is 0 Å². The minimum atomic E-state index is -0.358. The highest BCUT2D eigenvalue weighted by Crippen LogP contribution is 2.10. The second kappa shape index (κ2) is 6.18. The number of rotatable bonds is 3. The Morgan fingerprint density at radius 3 is 2.37 bits per heavy atom. The van der Waals surface area contributed by atoms with Crippen LogP contribution in [0.15, 0.2) is 30.3 Å². The Bertz CT molecular complexity index is 485. The molecule has 0 bridgehead atoms. The highest BCUT2D eigenvalue weighted by molar-refractivity contribution is 5.92. The Kier molecular flexibility index (Phi) is 4.34. The molecular formula is C15H17NO3. The Morgan fingerprint density at radius 1 is 1.16 bits per heavy atom.